The van der Waals surface area contributed by atoms with Crippen LogP contribution in [0.5, 0.6) is 0 Å². The number of carboxylic acid groups (broad SMARTS) is 1. The summed E-state index contributed by atoms with van der Waals surface area (Å²) in [7, 11) is 0. The molecule has 1 aliphatic rings. The fourth-order valence-electron chi connectivity index (χ4n) is 3.83. The Kier molecular flexibility index (Phi) is 5.16. The fourth-order valence-corrected chi connectivity index (χ4v) is 3.83. The fraction of sp³-hybridized carbons (Fsp3) is 0.261. The van der Waals surface area contributed by atoms with E-state index in [1.54, 1.807) is 0 Å². The van der Waals surface area contributed by atoms with Gasteiger partial charge in [0.1, 0.15) is 6.04 Å². The first-order valence-corrected chi connectivity index (χ1v) is 9.80. The average Bonchev–Trinajstić information content (AvgIpc) is 3.35. The number of nitrogens with zero attached hydrogens (tertiary/aromatic N) is 3. The monoisotopic (exact) mass is 389 g/mol. The molecule has 0 fully saturated rings. The highest BCUT2D eigenvalue weighted by Crippen LogP contribution is 2.29. The van der Waals surface area contributed by atoms with Gasteiger partial charge in [-0.3, -0.25) is 4.79 Å². The molecule has 3 aromatic rings. The van der Waals surface area contributed by atoms with Crippen LogP contribution in [0.1, 0.15) is 40.7 Å². The number of carbonyl (C=O) groups excluding carboxylic acids is 1. The second kappa shape index (κ2) is 7.91. The van der Waals surface area contributed by atoms with Crippen molar-refractivity contribution in [2.75, 3.05) is 0 Å². The number of aliphatic carboxylic acids is 1. The van der Waals surface area contributed by atoms with Gasteiger partial charge in [0.2, 0.25) is 0 Å². The number of hydrogen-bond acceptors (Lipinski definition) is 3. The molecule has 0 radical (unpaired) electrons. The number of fused-ring (bicyclic) bond motifs is 1. The maximum absolute atomic E-state index is 13.5. The number of benzene rings is 2. The Morgan fingerprint density at radius 1 is 1.07 bits per heavy atom. The third kappa shape index (κ3) is 3.66. The van der Waals surface area contributed by atoms with Gasteiger partial charge in [0.05, 0.1) is 5.69 Å². The van der Waals surface area contributed by atoms with Gasteiger partial charge in [-0.15, -0.1) is 0 Å². The average molecular weight is 389 g/mol. The molecule has 1 atom stereocenters. The highest BCUT2D eigenvalue weighted by atomic mass is 16.4. The lowest BCUT2D eigenvalue weighted by atomic mass is 10.1. The van der Waals surface area contributed by atoms with Crippen molar-refractivity contribution in [2.24, 2.45) is 0 Å². The van der Waals surface area contributed by atoms with Crippen LogP contribution in [0.25, 0.3) is 5.69 Å². The van der Waals surface area contributed by atoms with E-state index in [1.165, 1.54) is 11.8 Å². The molecule has 1 N–H and O–H groups in total. The van der Waals surface area contributed by atoms with E-state index < -0.39 is 12.0 Å². The molecule has 6 nitrogen and oxygen atoms in total. The molecule has 0 aliphatic heterocycles. The van der Waals surface area contributed by atoms with E-state index in [-0.39, 0.29) is 12.5 Å². The van der Waals surface area contributed by atoms with Crippen molar-refractivity contribution in [3.63, 3.8) is 0 Å². The lowest BCUT2D eigenvalue weighted by Crippen LogP contribution is -2.43. The molecular weight excluding hydrogens is 366 g/mol. The van der Waals surface area contributed by atoms with Crippen molar-refractivity contribution in [3.8, 4) is 5.69 Å². The summed E-state index contributed by atoms with van der Waals surface area (Å²) >= 11 is 0. The normalized spacial score (nSPS) is 13.7. The van der Waals surface area contributed by atoms with Crippen molar-refractivity contribution in [1.29, 1.82) is 0 Å². The van der Waals surface area contributed by atoms with E-state index in [1.807, 2.05) is 65.3 Å². The van der Waals surface area contributed by atoms with Crippen molar-refractivity contribution in [2.45, 2.75) is 38.8 Å². The molecule has 29 heavy (non-hydrogen) atoms. The topological polar surface area (TPSA) is 75.4 Å². The Labute approximate surface area is 169 Å². The van der Waals surface area contributed by atoms with Crippen molar-refractivity contribution in [1.82, 2.24) is 14.7 Å². The molecule has 4 rings (SSSR count). The zero-order valence-electron chi connectivity index (χ0n) is 16.3. The summed E-state index contributed by atoms with van der Waals surface area (Å²) in [6.07, 6.45) is 2.61. The van der Waals surface area contributed by atoms with E-state index in [9.17, 15) is 14.7 Å². The molecule has 1 aliphatic carbocycles. The van der Waals surface area contributed by atoms with Crippen LogP contribution in [0, 0.1) is 0 Å². The summed E-state index contributed by atoms with van der Waals surface area (Å²) in [6.45, 7) is 1.76. The summed E-state index contributed by atoms with van der Waals surface area (Å²) in [5.41, 5.74) is 4.14. The predicted molar refractivity (Wildman–Crippen MR) is 109 cm³/mol. The van der Waals surface area contributed by atoms with Crippen LogP contribution in [-0.2, 0) is 24.2 Å². The van der Waals surface area contributed by atoms with Crippen LogP contribution in [-0.4, -0.2) is 37.7 Å². The zero-order valence-corrected chi connectivity index (χ0v) is 16.3. The summed E-state index contributed by atoms with van der Waals surface area (Å²) < 4.78 is 1.84. The minimum absolute atomic E-state index is 0.222. The van der Waals surface area contributed by atoms with Gasteiger partial charge in [0, 0.05) is 17.8 Å². The second-order valence-corrected chi connectivity index (χ2v) is 7.31. The van der Waals surface area contributed by atoms with Crippen LogP contribution in [0.4, 0.5) is 0 Å². The molecule has 0 saturated carbocycles. The minimum Gasteiger partial charge on any atom is -0.480 e. The molecule has 6 heteroatoms. The van der Waals surface area contributed by atoms with Crippen LogP contribution >= 0.6 is 0 Å². The Balaban J connectivity index is 1.74. The first-order valence-electron chi connectivity index (χ1n) is 9.80. The molecule has 0 bridgehead atoms. The van der Waals surface area contributed by atoms with Crippen LogP contribution in [0.3, 0.4) is 0 Å². The lowest BCUT2D eigenvalue weighted by molar-refractivity contribution is -0.141. The van der Waals surface area contributed by atoms with Gasteiger partial charge in [-0.2, -0.15) is 5.10 Å². The minimum atomic E-state index is -1.03. The highest BCUT2D eigenvalue weighted by Gasteiger charge is 2.33. The Morgan fingerprint density at radius 3 is 2.38 bits per heavy atom. The number of rotatable bonds is 6. The van der Waals surface area contributed by atoms with E-state index in [2.05, 4.69) is 5.10 Å². The molecule has 1 amide bonds. The summed E-state index contributed by atoms with van der Waals surface area (Å²) in [6, 6.07) is 18.2. The van der Waals surface area contributed by atoms with Gasteiger partial charge in [-0.25, -0.2) is 9.48 Å². The standard InChI is InChI=1S/C23H23N3O3/c1-16(23(28)29)25(15-17-9-4-2-5-10-17)22(27)21-19-13-8-14-20(19)26(24-21)18-11-6-3-7-12-18/h2-7,9-12,16H,8,13-15H2,1H3,(H,28,29). The van der Waals surface area contributed by atoms with Gasteiger partial charge in [0.25, 0.3) is 5.91 Å². The number of carbonyl (C=O) groups is 2. The molecule has 0 spiro atoms. The lowest BCUT2D eigenvalue weighted by Gasteiger charge is -2.26. The van der Waals surface area contributed by atoms with Gasteiger partial charge < -0.3 is 10.0 Å². The summed E-state index contributed by atoms with van der Waals surface area (Å²) in [4.78, 5) is 26.6. The highest BCUT2D eigenvalue weighted by molar-refractivity contribution is 5.96. The second-order valence-electron chi connectivity index (χ2n) is 7.31. The van der Waals surface area contributed by atoms with Crippen molar-refractivity contribution in [3.05, 3.63) is 83.2 Å². The molecular formula is C23H23N3O3. The van der Waals surface area contributed by atoms with Gasteiger partial charge in [-0.05, 0) is 43.9 Å². The largest absolute Gasteiger partial charge is 0.480 e. The Bertz CT molecular complexity index is 1030. The SMILES string of the molecule is CC(C(=O)O)N(Cc1ccccc1)C(=O)c1nn(-c2ccccc2)c2c1CCC2. The van der Waals surface area contributed by atoms with Crippen molar-refractivity contribution >= 4 is 11.9 Å². The number of para-hydroxylation sites is 1. The van der Waals surface area contributed by atoms with Crippen LogP contribution < -0.4 is 0 Å². The Hall–Kier alpha value is -3.41. The summed E-state index contributed by atoms with van der Waals surface area (Å²) in [5.74, 6) is -1.37. The van der Waals surface area contributed by atoms with Gasteiger partial charge in [-0.1, -0.05) is 48.5 Å². The predicted octanol–water partition coefficient (Wildman–Crippen LogP) is 3.48. The maximum atomic E-state index is 13.5. The number of hydrogen-bond donors (Lipinski definition) is 1. The van der Waals surface area contributed by atoms with Crippen LogP contribution in [0.2, 0.25) is 0 Å². The molecule has 1 aromatic heterocycles. The zero-order chi connectivity index (χ0) is 20.4. The quantitative estimate of drug-likeness (QED) is 0.700. The van der Waals surface area contributed by atoms with E-state index in [4.69, 9.17) is 0 Å². The Morgan fingerprint density at radius 2 is 1.72 bits per heavy atom. The molecule has 1 heterocycles. The van der Waals surface area contributed by atoms with E-state index >= 15 is 0 Å². The number of carboxylic acids is 1. The van der Waals surface area contributed by atoms with Gasteiger partial charge >= 0.3 is 5.97 Å². The third-order valence-corrected chi connectivity index (χ3v) is 5.42. The van der Waals surface area contributed by atoms with E-state index in [0.29, 0.717) is 5.69 Å². The molecule has 0 saturated heterocycles. The first-order chi connectivity index (χ1) is 14.1. The third-order valence-electron chi connectivity index (χ3n) is 5.42. The molecule has 2 aromatic carbocycles. The van der Waals surface area contributed by atoms with Gasteiger partial charge in [0.15, 0.2) is 5.69 Å². The number of aromatic nitrogens is 2. The smallest absolute Gasteiger partial charge is 0.326 e. The number of amides is 1. The maximum Gasteiger partial charge on any atom is 0.326 e. The van der Waals surface area contributed by atoms with E-state index in [0.717, 1.165) is 41.8 Å². The summed E-state index contributed by atoms with van der Waals surface area (Å²) in [5, 5.41) is 14.2. The van der Waals surface area contributed by atoms with Crippen LogP contribution in [0.15, 0.2) is 60.7 Å². The first kappa shape index (κ1) is 18.9. The molecule has 148 valence electrons. The molecule has 1 unspecified atom stereocenters. The van der Waals surface area contributed by atoms with Crippen molar-refractivity contribution < 1.29 is 14.7 Å².